The monoisotopic (exact) mass is 562 g/mol. The number of aromatic amines is 1. The van der Waals surface area contributed by atoms with Crippen LogP contribution in [0.4, 0.5) is 0 Å². The van der Waals surface area contributed by atoms with Crippen molar-refractivity contribution in [3.05, 3.63) is 27.4 Å². The number of hydrogen-bond donors (Lipinski definition) is 3. The maximum Gasteiger partial charge on any atom is 0.479 e. The molecular formula is C16H23N2O12PS3. The Hall–Kier alpha value is -0.950. The topological polar surface area (TPSA) is 185 Å². The standard InChI is InChI=1S/C16H23N2O12PS3/c1-9(19)33-28-7-26-31(24,27-8-29-34-10(2)20)25-6-11-13(22)16(3,23)14(30-11)18-5-4-12(21)17-15(18)32/h4-5,11,13-14,22-23H,6-8H2,1-3H3,(H,17,21,32)/t11-,13+,14-,16?/m1/s1. The molecule has 0 aromatic carbocycles. The van der Waals surface area contributed by atoms with Crippen molar-refractivity contribution in [2.75, 3.05) is 20.2 Å². The Kier molecular flexibility index (Phi) is 11.1. The summed E-state index contributed by atoms with van der Waals surface area (Å²) in [7, 11) is -4.41. The van der Waals surface area contributed by atoms with Gasteiger partial charge in [-0.05, 0) is 19.1 Å². The Morgan fingerprint density at radius 1 is 1.24 bits per heavy atom. The SMILES string of the molecule is CC(=O)SOCOP(=O)(OCOSC(C)=O)OC[C@H]1O[C@@H](n2ccc(=O)[nH]c2=S)C(C)(O)[C@H]1O. The molecule has 34 heavy (non-hydrogen) atoms. The van der Waals surface area contributed by atoms with Crippen LogP contribution in [0.25, 0.3) is 0 Å². The Morgan fingerprint density at radius 3 is 2.29 bits per heavy atom. The third-order valence-electron chi connectivity index (χ3n) is 4.13. The average Bonchev–Trinajstić information content (AvgIpc) is 2.96. The number of phosphoric acid groups is 1. The molecule has 1 aromatic heterocycles. The van der Waals surface area contributed by atoms with Gasteiger partial charge >= 0.3 is 7.82 Å². The molecule has 1 aliphatic rings. The molecule has 1 aromatic rings. The summed E-state index contributed by atoms with van der Waals surface area (Å²) in [4.78, 5) is 35.6. The minimum Gasteiger partial charge on any atom is -0.387 e. The summed E-state index contributed by atoms with van der Waals surface area (Å²) in [6.45, 7) is 1.80. The second-order valence-electron chi connectivity index (χ2n) is 6.84. The second kappa shape index (κ2) is 12.8. The number of carbonyl (C=O) groups excluding carboxylic acids is 2. The van der Waals surface area contributed by atoms with Crippen LogP contribution in [0.3, 0.4) is 0 Å². The lowest BCUT2D eigenvalue weighted by Crippen LogP contribution is -2.44. The van der Waals surface area contributed by atoms with Crippen LogP contribution in [0.2, 0.25) is 0 Å². The van der Waals surface area contributed by atoms with Crippen LogP contribution in [-0.4, -0.2) is 68.0 Å². The number of H-pyrrole nitrogens is 1. The molecular weight excluding hydrogens is 539 g/mol. The van der Waals surface area contributed by atoms with Crippen LogP contribution < -0.4 is 5.56 Å². The molecule has 3 N–H and O–H groups in total. The van der Waals surface area contributed by atoms with E-state index in [9.17, 15) is 29.2 Å². The smallest absolute Gasteiger partial charge is 0.387 e. The fourth-order valence-corrected chi connectivity index (χ4v) is 4.49. The highest BCUT2D eigenvalue weighted by atomic mass is 32.2. The number of aliphatic hydroxyl groups is 2. The summed E-state index contributed by atoms with van der Waals surface area (Å²) in [6.07, 6.45) is -2.74. The molecule has 0 aliphatic carbocycles. The van der Waals surface area contributed by atoms with E-state index in [1.165, 1.54) is 31.5 Å². The van der Waals surface area contributed by atoms with Crippen molar-refractivity contribution in [1.29, 1.82) is 0 Å². The van der Waals surface area contributed by atoms with Crippen LogP contribution in [0.5, 0.6) is 0 Å². The highest BCUT2D eigenvalue weighted by molar-refractivity contribution is 8.09. The quantitative estimate of drug-likeness (QED) is 0.109. The van der Waals surface area contributed by atoms with Gasteiger partial charge in [-0.1, -0.05) is 0 Å². The third-order valence-corrected chi connectivity index (χ3v) is 6.64. The van der Waals surface area contributed by atoms with Crippen LogP contribution in [-0.2, 0) is 40.8 Å². The lowest BCUT2D eigenvalue weighted by Gasteiger charge is -2.28. The minimum absolute atomic E-state index is 0.0656. The van der Waals surface area contributed by atoms with Gasteiger partial charge in [-0.2, -0.15) is 0 Å². The van der Waals surface area contributed by atoms with E-state index in [1.807, 2.05) is 0 Å². The van der Waals surface area contributed by atoms with Crippen LogP contribution >= 0.6 is 44.1 Å². The molecule has 2 heterocycles. The van der Waals surface area contributed by atoms with Gasteiger partial charge in [0, 0.05) is 26.1 Å². The Morgan fingerprint density at radius 2 is 1.79 bits per heavy atom. The highest BCUT2D eigenvalue weighted by Crippen LogP contribution is 2.51. The molecule has 1 aliphatic heterocycles. The summed E-state index contributed by atoms with van der Waals surface area (Å²) in [5, 5.41) is 20.6. The Bertz CT molecular complexity index is 1000. The number of rotatable bonds is 12. The van der Waals surface area contributed by atoms with Gasteiger partial charge in [0.2, 0.25) is 10.2 Å². The third kappa shape index (κ3) is 8.32. The average molecular weight is 563 g/mol. The van der Waals surface area contributed by atoms with Gasteiger partial charge in [-0.25, -0.2) is 4.57 Å². The van der Waals surface area contributed by atoms with Crippen molar-refractivity contribution in [3.63, 3.8) is 0 Å². The van der Waals surface area contributed by atoms with Crippen molar-refractivity contribution >= 4 is 54.4 Å². The van der Waals surface area contributed by atoms with E-state index in [-0.39, 0.29) is 4.77 Å². The zero-order valence-electron chi connectivity index (χ0n) is 18.1. The predicted octanol–water partition coefficient (Wildman–Crippen LogP) is 1.41. The fourth-order valence-electron chi connectivity index (χ4n) is 2.65. The van der Waals surface area contributed by atoms with Gasteiger partial charge < -0.3 is 14.9 Å². The number of ether oxygens (including phenoxy) is 1. The van der Waals surface area contributed by atoms with Crippen molar-refractivity contribution in [2.24, 2.45) is 0 Å². The molecule has 14 nitrogen and oxygen atoms in total. The molecule has 4 atom stereocenters. The first-order valence-corrected chi connectivity index (χ1v) is 12.7. The maximum atomic E-state index is 12.9. The largest absolute Gasteiger partial charge is 0.479 e. The Labute approximate surface area is 207 Å². The van der Waals surface area contributed by atoms with Gasteiger partial charge in [0.25, 0.3) is 5.56 Å². The van der Waals surface area contributed by atoms with E-state index >= 15 is 0 Å². The molecule has 2 rings (SSSR count). The van der Waals surface area contributed by atoms with Crippen molar-refractivity contribution in [2.45, 2.75) is 44.8 Å². The highest BCUT2D eigenvalue weighted by Gasteiger charge is 2.53. The number of aliphatic hydroxyl groups excluding tert-OH is 1. The zero-order chi connectivity index (χ0) is 25.5. The first-order chi connectivity index (χ1) is 15.9. The van der Waals surface area contributed by atoms with E-state index < -0.39 is 67.8 Å². The van der Waals surface area contributed by atoms with Crippen molar-refractivity contribution in [1.82, 2.24) is 9.55 Å². The predicted molar refractivity (Wildman–Crippen MR) is 121 cm³/mol. The summed E-state index contributed by atoms with van der Waals surface area (Å²) in [5.41, 5.74) is -2.36. The molecule has 0 saturated carbocycles. The maximum absolute atomic E-state index is 12.9. The molecule has 0 spiro atoms. The second-order valence-corrected chi connectivity index (χ2v) is 10.8. The fraction of sp³-hybridized carbons (Fsp3) is 0.625. The van der Waals surface area contributed by atoms with E-state index in [0.29, 0.717) is 24.1 Å². The summed E-state index contributed by atoms with van der Waals surface area (Å²) < 4.78 is 44.4. The van der Waals surface area contributed by atoms with Gasteiger partial charge in [0.1, 0.15) is 17.8 Å². The van der Waals surface area contributed by atoms with Crippen molar-refractivity contribution in [3.8, 4) is 0 Å². The molecule has 0 radical (unpaired) electrons. The zero-order valence-corrected chi connectivity index (χ0v) is 21.4. The van der Waals surface area contributed by atoms with Crippen molar-refractivity contribution < 1.29 is 51.0 Å². The molecule has 18 heteroatoms. The number of nitrogens with one attached hydrogen (secondary N) is 1. The molecule has 0 bridgehead atoms. The van der Waals surface area contributed by atoms with E-state index in [2.05, 4.69) is 4.98 Å². The number of nitrogens with zero attached hydrogens (tertiary/aromatic N) is 1. The number of carbonyl (C=O) groups is 2. The normalized spacial score (nSPS) is 24.9. The molecule has 192 valence electrons. The Balaban J connectivity index is 2.08. The molecule has 1 saturated heterocycles. The lowest BCUT2D eigenvalue weighted by atomic mass is 9.96. The molecule has 1 unspecified atom stereocenters. The number of hydrogen-bond acceptors (Lipinski definition) is 15. The first-order valence-electron chi connectivity index (χ1n) is 9.37. The van der Waals surface area contributed by atoms with Gasteiger partial charge in [-0.15, -0.1) is 0 Å². The number of phosphoric ester groups is 1. The van der Waals surface area contributed by atoms with E-state index in [0.717, 1.165) is 6.07 Å². The van der Waals surface area contributed by atoms with Gasteiger partial charge in [0.05, 0.1) is 30.7 Å². The van der Waals surface area contributed by atoms with Gasteiger partial charge in [0.15, 0.2) is 24.6 Å². The van der Waals surface area contributed by atoms with Crippen LogP contribution in [0, 0.1) is 4.77 Å². The summed E-state index contributed by atoms with van der Waals surface area (Å²) >= 11 is 5.95. The number of aromatic nitrogens is 2. The van der Waals surface area contributed by atoms with E-state index in [4.69, 9.17) is 38.9 Å². The first kappa shape index (κ1) is 29.3. The summed E-state index contributed by atoms with van der Waals surface area (Å²) in [6, 6.07) is 1.15. The van der Waals surface area contributed by atoms with Crippen LogP contribution in [0.1, 0.15) is 27.0 Å². The lowest BCUT2D eigenvalue weighted by molar-refractivity contribution is -0.110. The van der Waals surface area contributed by atoms with Gasteiger partial charge in [-0.3, -0.25) is 45.9 Å². The van der Waals surface area contributed by atoms with E-state index in [1.54, 1.807) is 0 Å². The molecule has 0 amide bonds. The van der Waals surface area contributed by atoms with Crippen LogP contribution in [0.15, 0.2) is 17.1 Å². The summed E-state index contributed by atoms with van der Waals surface area (Å²) in [5.74, 6) is 0. The molecule has 1 fully saturated rings. The minimum atomic E-state index is -4.41.